The molecule has 0 aromatic heterocycles. The van der Waals surface area contributed by atoms with Gasteiger partial charge in [0.2, 0.25) is 5.78 Å². The number of rotatable bonds is 4. The molecule has 3 aliphatic carbocycles. The topological polar surface area (TPSA) is 163 Å². The van der Waals surface area contributed by atoms with Gasteiger partial charge in [-0.2, -0.15) is 19.3 Å². The second kappa shape index (κ2) is 12.0. The van der Waals surface area contributed by atoms with Gasteiger partial charge in [-0.25, -0.2) is 0 Å². The third kappa shape index (κ3) is 5.56. The number of phenols is 2. The molecule has 1 amide bonds. The summed E-state index contributed by atoms with van der Waals surface area (Å²) in [4.78, 5) is 38.5. The summed E-state index contributed by atoms with van der Waals surface area (Å²) in [5.74, 6) is -5.47. The number of alkyl halides is 3. The Morgan fingerprint density at radius 2 is 1.74 bits per heavy atom. The molecule has 5 N–H and O–H groups in total. The smallest absolute Gasteiger partial charge is 0.471 e. The predicted octanol–water partition coefficient (Wildman–Crippen LogP) is 3.00. The Labute approximate surface area is 273 Å². The number of halogens is 3. The van der Waals surface area contributed by atoms with Gasteiger partial charge in [-0.15, -0.1) is 12.8 Å². The molecule has 2 aromatic rings. The Balaban J connectivity index is 0.00000405. The van der Waals surface area contributed by atoms with E-state index in [2.05, 4.69) is 0 Å². The molecule has 0 saturated heterocycles. The van der Waals surface area contributed by atoms with Crippen LogP contribution in [0.3, 0.4) is 0 Å². The second-order valence-corrected chi connectivity index (χ2v) is 10.6. The van der Waals surface area contributed by atoms with E-state index < -0.39 is 76.5 Å². The summed E-state index contributed by atoms with van der Waals surface area (Å²) in [6, 6.07) is 3.06. The zero-order valence-electron chi connectivity index (χ0n) is 22.5. The first kappa shape index (κ1) is 32.7. The molecule has 14 heteroatoms. The Morgan fingerprint density at radius 3 is 2.38 bits per heavy atom. The van der Waals surface area contributed by atoms with Crippen molar-refractivity contribution in [1.29, 1.82) is 0 Å². The van der Waals surface area contributed by atoms with Gasteiger partial charge in [0.05, 0.1) is 48.2 Å². The van der Waals surface area contributed by atoms with Crippen LogP contribution in [-0.2, 0) is 16.0 Å². The van der Waals surface area contributed by atoms with Gasteiger partial charge in [-0.3, -0.25) is 14.4 Å². The summed E-state index contributed by atoms with van der Waals surface area (Å²) in [5.41, 5.74) is -1.09. The Hall–Kier alpha value is -2.24. The van der Waals surface area contributed by atoms with Gasteiger partial charge < -0.3 is 35.2 Å². The number of hydrogen-bond donors (Lipinski definition) is 5. The van der Waals surface area contributed by atoms with Crippen molar-refractivity contribution in [2.24, 2.45) is 5.92 Å². The van der Waals surface area contributed by atoms with Gasteiger partial charge >= 0.3 is 12.1 Å². The van der Waals surface area contributed by atoms with Crippen LogP contribution < -0.4 is 10.1 Å². The maximum atomic E-state index is 13.6. The number of carbonyl (C=O) groups excluding carboxylic acids is 3. The van der Waals surface area contributed by atoms with Crippen LogP contribution in [0.2, 0.25) is 0 Å². The Kier molecular flexibility index (Phi) is 9.36. The number of nitrogens with one attached hydrogen (secondary N) is 1. The minimum atomic E-state index is -5.16. The van der Waals surface area contributed by atoms with E-state index in [9.17, 15) is 48.0 Å². The van der Waals surface area contributed by atoms with Crippen molar-refractivity contribution in [3.8, 4) is 17.2 Å². The number of phenolic OH excluding ortho intramolecular Hbond substituents is 2. The Morgan fingerprint density at radius 1 is 1.07 bits per heavy atom. The summed E-state index contributed by atoms with van der Waals surface area (Å²) in [6.07, 6.45) is -9.15. The van der Waals surface area contributed by atoms with Gasteiger partial charge in [0.25, 0.3) is 0 Å². The van der Waals surface area contributed by atoms with Crippen molar-refractivity contribution in [3.63, 3.8) is 0 Å². The van der Waals surface area contributed by atoms with Gasteiger partial charge in [0.15, 0.2) is 5.78 Å². The summed E-state index contributed by atoms with van der Waals surface area (Å²) in [7, 11) is 1.31. The molecule has 1 radical (unpaired) electrons. The van der Waals surface area contributed by atoms with Gasteiger partial charge in [0, 0.05) is 55.2 Å². The maximum Gasteiger partial charge on any atom is 0.471 e. The molecule has 0 heterocycles. The van der Waals surface area contributed by atoms with Crippen LogP contribution in [0.1, 0.15) is 75.3 Å². The number of aliphatic hydroxyl groups excluding tert-OH is 2. The fourth-order valence-electron chi connectivity index (χ4n) is 6.06. The number of carbonyl (C=O) groups is 3. The van der Waals surface area contributed by atoms with Crippen LogP contribution in [0.15, 0.2) is 18.2 Å². The molecular weight excluding hydrogens is 778 g/mol. The predicted molar refractivity (Wildman–Crippen MR) is 133 cm³/mol. The fraction of sp³-hybridized carbons (Fsp3) is 0.429. The molecule has 1 saturated carbocycles. The number of ether oxygens (including phenoxy) is 2. The number of fused-ring (bicyclic) bond motifs is 3. The summed E-state index contributed by atoms with van der Waals surface area (Å²) in [6.45, 7) is 1.57. The minimum absolute atomic E-state index is 0. The fourth-order valence-corrected chi connectivity index (χ4v) is 6.06. The number of methoxy groups -OCH3 is 1. The number of aliphatic hydroxyl groups is 2. The third-order valence-electron chi connectivity index (χ3n) is 7.96. The molecule has 1 fully saturated rings. The first-order valence-electron chi connectivity index (χ1n) is 12.9. The minimum Gasteiger partial charge on any atom is -0.562 e. The van der Waals surface area contributed by atoms with E-state index in [0.717, 1.165) is 0 Å². The SMILES string of the molecule is COc1cccc2c1C(=O)c1c(O)c3c(c(O)c1C2=O)C[C-](O)C[C@@H]3O[C@@H]1CC(C)[C@@H](O)C(NC(=O)C(F)(F)F)C1.[Ac]. The molecule has 3 aliphatic rings. The number of amides is 1. The largest absolute Gasteiger partial charge is 0.562 e. The van der Waals surface area contributed by atoms with Crippen LogP contribution in [0, 0.1) is 56.1 Å². The van der Waals surface area contributed by atoms with Gasteiger partial charge in [-0.1, -0.05) is 19.1 Å². The number of ketones is 2. The van der Waals surface area contributed by atoms with Crippen LogP contribution in [-0.4, -0.2) is 69.4 Å². The number of hydrogen-bond acceptors (Lipinski definition) is 9. The van der Waals surface area contributed by atoms with Crippen molar-refractivity contribution in [2.75, 3.05) is 7.11 Å². The monoisotopic (exact) mass is 805 g/mol. The maximum absolute atomic E-state index is 13.6. The molecule has 5 rings (SSSR count). The van der Waals surface area contributed by atoms with Crippen LogP contribution >= 0.6 is 0 Å². The molecule has 0 aliphatic heterocycles. The summed E-state index contributed by atoms with van der Waals surface area (Å²) in [5, 5.41) is 45.4. The number of aromatic hydroxyl groups is 2. The molecule has 0 bridgehead atoms. The molecule has 42 heavy (non-hydrogen) atoms. The van der Waals surface area contributed by atoms with E-state index >= 15 is 0 Å². The standard InChI is InChI=1S/C28H27F3NO9.Ac/c1-10-6-12(9-15(22(10)34)32-27(39)28(29,30)31)41-17-8-11(33)7-14-19(17)26(38)21-20(24(14)36)23(35)13-4-3-5-16(40-2)18(13)25(21)37;/h3-5,10,12,15,17,22,33-34,36,38H,6-9H2,1-2H3,(H,32,39);/q-1;/t10?,12-,15?,17+,22-;/m1./s1. The average molecular weight is 806 g/mol. The molecule has 10 nitrogen and oxygen atoms in total. The summed E-state index contributed by atoms with van der Waals surface area (Å²) < 4.78 is 50.0. The van der Waals surface area contributed by atoms with Crippen LogP contribution in [0.4, 0.5) is 13.2 Å². The van der Waals surface area contributed by atoms with E-state index in [-0.39, 0.29) is 104 Å². The summed E-state index contributed by atoms with van der Waals surface area (Å²) >= 11 is 0. The first-order valence-corrected chi connectivity index (χ1v) is 12.9. The van der Waals surface area contributed by atoms with Crippen molar-refractivity contribution < 1.29 is 102 Å². The van der Waals surface area contributed by atoms with Crippen molar-refractivity contribution in [2.45, 2.75) is 63.1 Å². The molecular formula is C28H27AcF3NO9-. The van der Waals surface area contributed by atoms with Gasteiger partial charge in [-0.05, 0) is 30.4 Å². The molecule has 5 atom stereocenters. The van der Waals surface area contributed by atoms with Crippen molar-refractivity contribution in [3.05, 3.63) is 57.7 Å². The molecule has 0 spiro atoms. The third-order valence-corrected chi connectivity index (χ3v) is 7.96. The van der Waals surface area contributed by atoms with Crippen molar-refractivity contribution in [1.82, 2.24) is 5.32 Å². The van der Waals surface area contributed by atoms with Crippen LogP contribution in [0.25, 0.3) is 0 Å². The molecule has 2 aromatic carbocycles. The Bertz CT molecular complexity index is 1450. The van der Waals surface area contributed by atoms with E-state index in [1.54, 1.807) is 12.2 Å². The second-order valence-electron chi connectivity index (χ2n) is 10.6. The molecule has 2 unspecified atom stereocenters. The van der Waals surface area contributed by atoms with Crippen molar-refractivity contribution >= 4 is 17.5 Å². The normalized spacial score (nSPS) is 25.5. The van der Waals surface area contributed by atoms with E-state index in [1.807, 2.05) is 0 Å². The van der Waals surface area contributed by atoms with E-state index in [0.29, 0.717) is 0 Å². The van der Waals surface area contributed by atoms with Crippen LogP contribution in [0.5, 0.6) is 17.2 Å². The van der Waals surface area contributed by atoms with E-state index in [4.69, 9.17) is 9.47 Å². The zero-order chi connectivity index (χ0) is 30.0. The van der Waals surface area contributed by atoms with Gasteiger partial charge in [0.1, 0.15) is 17.2 Å². The average Bonchev–Trinajstić information content (AvgIpc) is 2.90. The van der Waals surface area contributed by atoms with E-state index in [1.165, 1.54) is 25.3 Å². The number of benzene rings is 2. The molecule has 223 valence electrons. The quantitative estimate of drug-likeness (QED) is 0.197. The zero-order valence-corrected chi connectivity index (χ0v) is 27.2. The first-order chi connectivity index (χ1) is 19.2.